The summed E-state index contributed by atoms with van der Waals surface area (Å²) in [5, 5.41) is 25.8. The zero-order valence-electron chi connectivity index (χ0n) is 26.3. The number of aromatic hydroxyl groups is 1. The zero-order chi connectivity index (χ0) is 32.0. The first-order valence-corrected chi connectivity index (χ1v) is 16.9. The van der Waals surface area contributed by atoms with Crippen molar-refractivity contribution in [3.05, 3.63) is 41.5 Å². The van der Waals surface area contributed by atoms with E-state index in [0.717, 1.165) is 45.1 Å². The summed E-state index contributed by atoms with van der Waals surface area (Å²) in [5.41, 5.74) is 0.403. The Bertz CT molecular complexity index is 1930. The molecule has 0 spiro atoms. The Morgan fingerprint density at radius 1 is 1.11 bits per heavy atom. The van der Waals surface area contributed by atoms with Crippen LogP contribution in [0.25, 0.3) is 32.9 Å². The highest BCUT2D eigenvalue weighted by molar-refractivity contribution is 6.03. The van der Waals surface area contributed by atoms with Gasteiger partial charge in [0.1, 0.15) is 47.2 Å². The van der Waals surface area contributed by atoms with Gasteiger partial charge < -0.3 is 29.9 Å². The molecule has 0 amide bonds. The number of aryl methyl sites for hydroxylation is 1. The third-order valence-corrected chi connectivity index (χ3v) is 11.4. The van der Waals surface area contributed by atoms with Crippen LogP contribution in [0.4, 0.5) is 14.6 Å². The molecule has 0 saturated carbocycles. The molecule has 4 aromatic rings. The normalized spacial score (nSPS) is 28.0. The van der Waals surface area contributed by atoms with E-state index in [-0.39, 0.29) is 70.7 Å². The van der Waals surface area contributed by atoms with Crippen molar-refractivity contribution in [3.63, 3.8) is 0 Å². The van der Waals surface area contributed by atoms with Gasteiger partial charge in [-0.1, -0.05) is 13.0 Å². The molecule has 4 saturated heterocycles. The summed E-state index contributed by atoms with van der Waals surface area (Å²) in [4.78, 5) is 19.0. The molecular weight excluding hydrogens is 606 g/mol. The van der Waals surface area contributed by atoms with Gasteiger partial charge in [0.2, 0.25) is 5.88 Å². The highest BCUT2D eigenvalue weighted by atomic mass is 19.1. The number of rotatable bonds is 6. The molecule has 2 bridgehead atoms. The Labute approximate surface area is 270 Å². The average molecular weight is 645 g/mol. The van der Waals surface area contributed by atoms with Gasteiger partial charge in [-0.25, -0.2) is 13.8 Å². The molecule has 47 heavy (non-hydrogen) atoms. The first-order chi connectivity index (χ1) is 22.9. The molecule has 2 aromatic carbocycles. The van der Waals surface area contributed by atoms with E-state index >= 15 is 8.78 Å². The van der Waals surface area contributed by atoms with E-state index in [1.54, 1.807) is 12.1 Å². The number of aliphatic hydroxyl groups excluding tert-OH is 1. The van der Waals surface area contributed by atoms with Crippen LogP contribution in [-0.2, 0) is 6.42 Å². The Balaban J connectivity index is 1.23. The number of aromatic nitrogens is 3. The number of phenolic OH excluding ortho intramolecular Hbond substituents is 1. The number of aliphatic hydroxyl groups is 1. The minimum absolute atomic E-state index is 0.0166. The molecule has 7 heterocycles. The maximum Gasteiger partial charge on any atom is 0.319 e. The number of ether oxygens (including phenoxy) is 2. The van der Waals surface area contributed by atoms with Crippen molar-refractivity contribution in [1.29, 1.82) is 0 Å². The number of fused-ring (bicyclic) bond motifs is 7. The first kappa shape index (κ1) is 29.3. The minimum atomic E-state index is -0.711. The molecule has 246 valence electrons. The van der Waals surface area contributed by atoms with Crippen molar-refractivity contribution >= 4 is 27.5 Å². The SMILES string of the molecule is CCc1c(F)ccc2cc(O)cc(-c3nc4c5c(nc(OC[C@]67CCCN6[C@@H](CO)CC7)nc5c3F)N3C[C@@H]5CC[C@@H](N5)[C@@H]3CO4)c12. The van der Waals surface area contributed by atoms with Crippen LogP contribution in [0.2, 0.25) is 0 Å². The fourth-order valence-corrected chi connectivity index (χ4v) is 9.20. The molecule has 0 unspecified atom stereocenters. The van der Waals surface area contributed by atoms with E-state index in [2.05, 4.69) is 15.1 Å². The fraction of sp³-hybridized carbons (Fsp3) is 0.514. The molecule has 5 atom stereocenters. The lowest BCUT2D eigenvalue weighted by molar-refractivity contribution is 0.0644. The van der Waals surface area contributed by atoms with Gasteiger partial charge in [-0.05, 0) is 86.0 Å². The molecule has 5 aliphatic rings. The number of halogens is 2. The summed E-state index contributed by atoms with van der Waals surface area (Å²) < 4.78 is 45.1. The van der Waals surface area contributed by atoms with Gasteiger partial charge in [-0.15, -0.1) is 0 Å². The van der Waals surface area contributed by atoms with Gasteiger partial charge in [-0.3, -0.25) is 4.90 Å². The molecule has 10 nitrogen and oxygen atoms in total. The maximum absolute atomic E-state index is 17.1. The molecular formula is C35H38F2N6O4. The number of benzene rings is 2. The number of pyridine rings is 1. The molecule has 5 aliphatic heterocycles. The van der Waals surface area contributed by atoms with Crippen molar-refractivity contribution in [2.24, 2.45) is 0 Å². The monoisotopic (exact) mass is 644 g/mol. The maximum atomic E-state index is 17.1. The summed E-state index contributed by atoms with van der Waals surface area (Å²) in [6.07, 6.45) is 6.19. The highest BCUT2D eigenvalue weighted by Crippen LogP contribution is 2.46. The largest absolute Gasteiger partial charge is 0.508 e. The van der Waals surface area contributed by atoms with Gasteiger partial charge in [0.25, 0.3) is 0 Å². The third-order valence-electron chi connectivity index (χ3n) is 11.4. The summed E-state index contributed by atoms with van der Waals surface area (Å²) in [5.74, 6) is -0.453. The molecule has 0 radical (unpaired) electrons. The second kappa shape index (κ2) is 10.8. The van der Waals surface area contributed by atoms with Crippen LogP contribution in [0.5, 0.6) is 17.6 Å². The lowest BCUT2D eigenvalue weighted by atomic mass is 9.94. The topological polar surface area (TPSA) is 116 Å². The van der Waals surface area contributed by atoms with E-state index < -0.39 is 11.6 Å². The summed E-state index contributed by atoms with van der Waals surface area (Å²) in [6, 6.07) is 6.54. The second-order valence-corrected chi connectivity index (χ2v) is 13.9. The van der Waals surface area contributed by atoms with Crippen molar-refractivity contribution < 1.29 is 28.5 Å². The number of hydrogen-bond donors (Lipinski definition) is 3. The minimum Gasteiger partial charge on any atom is -0.508 e. The standard InChI is InChI=1S/C35H38F2N6O4/c1-2-22-24(36)6-4-18-12-21(45)13-23(27(18)22)30-29(37)31-28-32(42-14-19-5-7-25(38-19)26(42)16-46-33(28)39-30)41-34(40-31)47-17-35-9-3-11-43(35)20(15-44)8-10-35/h4,6,12-13,19-20,25-26,38,44-45H,2-3,5,7-11,14-17H2,1H3/t19-,20+,25+,26-,35+/m0/s1. The van der Waals surface area contributed by atoms with E-state index in [4.69, 9.17) is 24.4 Å². The van der Waals surface area contributed by atoms with Crippen LogP contribution >= 0.6 is 0 Å². The smallest absolute Gasteiger partial charge is 0.319 e. The summed E-state index contributed by atoms with van der Waals surface area (Å²) in [7, 11) is 0. The summed E-state index contributed by atoms with van der Waals surface area (Å²) >= 11 is 0. The second-order valence-electron chi connectivity index (χ2n) is 13.9. The molecule has 9 rings (SSSR count). The third kappa shape index (κ3) is 4.40. The van der Waals surface area contributed by atoms with Crippen molar-refractivity contribution in [2.75, 3.05) is 37.8 Å². The van der Waals surface area contributed by atoms with Gasteiger partial charge >= 0.3 is 6.01 Å². The lowest BCUT2D eigenvalue weighted by Crippen LogP contribution is -2.60. The number of hydrogen-bond acceptors (Lipinski definition) is 10. The van der Waals surface area contributed by atoms with Crippen molar-refractivity contribution in [2.45, 2.75) is 81.6 Å². The highest BCUT2D eigenvalue weighted by Gasteiger charge is 2.50. The van der Waals surface area contributed by atoms with Crippen LogP contribution in [-0.4, -0.2) is 92.7 Å². The number of nitrogens with zero attached hydrogens (tertiary/aromatic N) is 5. The van der Waals surface area contributed by atoms with Crippen LogP contribution < -0.4 is 19.7 Å². The first-order valence-electron chi connectivity index (χ1n) is 16.9. The van der Waals surface area contributed by atoms with Gasteiger partial charge in [-0.2, -0.15) is 9.97 Å². The van der Waals surface area contributed by atoms with Gasteiger partial charge in [0.05, 0.1) is 18.2 Å². The summed E-state index contributed by atoms with van der Waals surface area (Å²) in [6.45, 7) is 4.21. The molecule has 12 heteroatoms. The predicted molar refractivity (Wildman–Crippen MR) is 172 cm³/mol. The Morgan fingerprint density at radius 2 is 2.00 bits per heavy atom. The van der Waals surface area contributed by atoms with E-state index in [9.17, 15) is 10.2 Å². The number of piperazine rings is 1. The molecule has 3 N–H and O–H groups in total. The quantitative estimate of drug-likeness (QED) is 0.278. The van der Waals surface area contributed by atoms with Crippen molar-refractivity contribution in [3.8, 4) is 28.9 Å². The average Bonchev–Trinajstić information content (AvgIpc) is 3.74. The fourth-order valence-electron chi connectivity index (χ4n) is 9.20. The molecule has 4 fully saturated rings. The number of anilines is 1. The predicted octanol–water partition coefficient (Wildman–Crippen LogP) is 4.46. The van der Waals surface area contributed by atoms with E-state index in [0.29, 0.717) is 53.7 Å². The van der Waals surface area contributed by atoms with Crippen LogP contribution in [0, 0.1) is 11.6 Å². The zero-order valence-corrected chi connectivity index (χ0v) is 26.3. The van der Waals surface area contributed by atoms with Gasteiger partial charge in [0, 0.05) is 30.2 Å². The lowest BCUT2D eigenvalue weighted by Gasteiger charge is -2.40. The number of nitrogens with one attached hydrogen (secondary N) is 1. The van der Waals surface area contributed by atoms with Crippen LogP contribution in [0.1, 0.15) is 51.0 Å². The van der Waals surface area contributed by atoms with Crippen LogP contribution in [0.3, 0.4) is 0 Å². The molecule has 2 aromatic heterocycles. The molecule has 0 aliphatic carbocycles. The van der Waals surface area contributed by atoms with E-state index in [1.165, 1.54) is 12.1 Å². The Kier molecular flexibility index (Phi) is 6.75. The van der Waals surface area contributed by atoms with Crippen LogP contribution in [0.15, 0.2) is 24.3 Å². The Hall–Kier alpha value is -3.87. The van der Waals surface area contributed by atoms with E-state index in [1.807, 2.05) is 6.92 Å². The number of phenols is 1. The Morgan fingerprint density at radius 3 is 2.85 bits per heavy atom. The van der Waals surface area contributed by atoms with Crippen molar-refractivity contribution in [1.82, 2.24) is 25.2 Å². The van der Waals surface area contributed by atoms with Gasteiger partial charge in [0.15, 0.2) is 5.82 Å².